The maximum Gasteiger partial charge on any atom is 0.101 e. The molecule has 3 rings (SSSR count). The fourth-order valence-electron chi connectivity index (χ4n) is 3.00. The van der Waals surface area contributed by atoms with E-state index in [1.807, 2.05) is 19.2 Å². The Kier molecular flexibility index (Phi) is 2.89. The molecule has 0 amide bonds. The Morgan fingerprint density at radius 1 is 1.44 bits per heavy atom. The number of nitriles is 1. The van der Waals surface area contributed by atoms with Crippen molar-refractivity contribution in [3.63, 3.8) is 0 Å². The Morgan fingerprint density at radius 3 is 3.17 bits per heavy atom. The smallest absolute Gasteiger partial charge is 0.101 e. The second kappa shape index (κ2) is 4.55. The predicted molar refractivity (Wildman–Crippen MR) is 70.8 cm³/mol. The van der Waals surface area contributed by atoms with Crippen LogP contribution in [-0.2, 0) is 0 Å². The number of nitrogens with zero attached hydrogens (tertiary/aromatic N) is 2. The van der Waals surface area contributed by atoms with Crippen molar-refractivity contribution in [3.8, 4) is 6.07 Å². The highest BCUT2D eigenvalue weighted by Gasteiger charge is 2.29. The molecule has 0 unspecified atom stereocenters. The molecular weight excluding hydrogens is 222 g/mol. The van der Waals surface area contributed by atoms with Crippen molar-refractivity contribution in [1.82, 2.24) is 10.3 Å². The van der Waals surface area contributed by atoms with Crippen LogP contribution < -0.4 is 5.32 Å². The first kappa shape index (κ1) is 11.4. The molecule has 1 aliphatic heterocycles. The average Bonchev–Trinajstić information content (AvgIpc) is 2.86. The van der Waals surface area contributed by atoms with Gasteiger partial charge in [0.1, 0.15) is 6.07 Å². The van der Waals surface area contributed by atoms with Crippen LogP contribution in [0, 0.1) is 24.2 Å². The van der Waals surface area contributed by atoms with Crippen molar-refractivity contribution in [2.45, 2.75) is 32.2 Å². The maximum absolute atomic E-state index is 9.07. The van der Waals surface area contributed by atoms with E-state index in [1.165, 1.54) is 18.4 Å². The van der Waals surface area contributed by atoms with Gasteiger partial charge in [-0.15, -0.1) is 0 Å². The van der Waals surface area contributed by atoms with Crippen LogP contribution in [0.4, 0.5) is 0 Å². The van der Waals surface area contributed by atoms with Crippen LogP contribution >= 0.6 is 0 Å². The van der Waals surface area contributed by atoms with Gasteiger partial charge in [-0.25, -0.2) is 0 Å². The van der Waals surface area contributed by atoms with Gasteiger partial charge in [0, 0.05) is 12.2 Å². The summed E-state index contributed by atoms with van der Waals surface area (Å²) in [7, 11) is 0. The van der Waals surface area contributed by atoms with Crippen molar-refractivity contribution in [3.05, 3.63) is 35.2 Å². The molecule has 18 heavy (non-hydrogen) atoms. The van der Waals surface area contributed by atoms with Gasteiger partial charge in [-0.05, 0) is 55.9 Å². The van der Waals surface area contributed by atoms with Crippen LogP contribution in [-0.4, -0.2) is 17.6 Å². The number of aryl methyl sites for hydroxylation is 1. The van der Waals surface area contributed by atoms with Crippen LogP contribution in [0.2, 0.25) is 0 Å². The molecule has 0 saturated carbocycles. The number of nitrogens with one attached hydrogen (secondary N) is 1. The van der Waals surface area contributed by atoms with Gasteiger partial charge in [-0.1, -0.05) is 6.08 Å². The summed E-state index contributed by atoms with van der Waals surface area (Å²) in [6, 6.07) is 4.72. The van der Waals surface area contributed by atoms with Crippen LogP contribution in [0.3, 0.4) is 0 Å². The Hall–Kier alpha value is -1.66. The van der Waals surface area contributed by atoms with E-state index in [-0.39, 0.29) is 0 Å². The predicted octanol–water partition coefficient (Wildman–Crippen LogP) is 2.42. The van der Waals surface area contributed by atoms with Gasteiger partial charge in [0.2, 0.25) is 0 Å². The van der Waals surface area contributed by atoms with Crippen LogP contribution in [0.15, 0.2) is 18.3 Å². The Labute approximate surface area is 108 Å². The van der Waals surface area contributed by atoms with Gasteiger partial charge in [-0.2, -0.15) is 5.26 Å². The van der Waals surface area contributed by atoms with Gasteiger partial charge in [0.15, 0.2) is 0 Å². The number of fused-ring (bicyclic) bond motifs is 1. The van der Waals surface area contributed by atoms with Gasteiger partial charge < -0.3 is 5.32 Å². The summed E-state index contributed by atoms with van der Waals surface area (Å²) in [5.41, 5.74) is 3.96. The lowest BCUT2D eigenvalue weighted by molar-refractivity contribution is 0.465. The van der Waals surface area contributed by atoms with Crippen molar-refractivity contribution in [2.75, 3.05) is 6.54 Å². The van der Waals surface area contributed by atoms with E-state index < -0.39 is 0 Å². The zero-order chi connectivity index (χ0) is 12.5. The molecule has 2 atom stereocenters. The average molecular weight is 239 g/mol. The van der Waals surface area contributed by atoms with Crippen LogP contribution in [0.25, 0.3) is 5.57 Å². The molecule has 1 N–H and O–H groups in total. The van der Waals surface area contributed by atoms with E-state index in [2.05, 4.69) is 22.4 Å². The first-order chi connectivity index (χ1) is 8.78. The van der Waals surface area contributed by atoms with Crippen molar-refractivity contribution < 1.29 is 0 Å². The third kappa shape index (κ3) is 1.93. The Bertz CT molecular complexity index is 539. The second-order valence-electron chi connectivity index (χ2n) is 5.23. The van der Waals surface area contributed by atoms with Crippen molar-refractivity contribution in [1.29, 1.82) is 5.26 Å². The highest BCUT2D eigenvalue weighted by Crippen LogP contribution is 2.34. The molecule has 2 aliphatic rings. The standard InChI is InChI=1S/C15H17N3/c1-10-13(8-16)6-14(9-18-10)12-3-2-11-4-5-17-15(11)7-12/h6-7,9,11,15,17H,2-5H2,1H3/t11-,15-/m0/s1. The number of aromatic nitrogens is 1. The van der Waals surface area contributed by atoms with Crippen LogP contribution in [0.5, 0.6) is 0 Å². The van der Waals surface area contributed by atoms with Crippen molar-refractivity contribution >= 4 is 5.57 Å². The summed E-state index contributed by atoms with van der Waals surface area (Å²) in [4.78, 5) is 4.33. The molecule has 1 aromatic rings. The summed E-state index contributed by atoms with van der Waals surface area (Å²) in [6.07, 6.45) is 7.90. The summed E-state index contributed by atoms with van der Waals surface area (Å²) in [5.74, 6) is 0.808. The lowest BCUT2D eigenvalue weighted by Crippen LogP contribution is -2.27. The molecule has 2 heterocycles. The van der Waals surface area contributed by atoms with Gasteiger partial charge in [0.05, 0.1) is 11.3 Å². The number of hydrogen-bond donors (Lipinski definition) is 1. The Balaban J connectivity index is 1.93. The SMILES string of the molecule is Cc1ncc(C2=C[C@@H]3NCC[C@@H]3CC2)cc1C#N. The zero-order valence-corrected chi connectivity index (χ0v) is 10.6. The van der Waals surface area contributed by atoms with Crippen molar-refractivity contribution in [2.24, 2.45) is 5.92 Å². The molecule has 0 spiro atoms. The second-order valence-corrected chi connectivity index (χ2v) is 5.23. The minimum Gasteiger partial charge on any atom is -0.310 e. The number of pyridine rings is 1. The fraction of sp³-hybridized carbons (Fsp3) is 0.467. The van der Waals surface area contributed by atoms with Gasteiger partial charge in [-0.3, -0.25) is 4.98 Å². The highest BCUT2D eigenvalue weighted by atomic mass is 14.9. The minimum atomic E-state index is 0.528. The van der Waals surface area contributed by atoms with Gasteiger partial charge >= 0.3 is 0 Å². The fourth-order valence-corrected chi connectivity index (χ4v) is 3.00. The van der Waals surface area contributed by atoms with E-state index in [0.29, 0.717) is 11.6 Å². The molecule has 1 aliphatic carbocycles. The molecule has 92 valence electrons. The number of allylic oxidation sites excluding steroid dienone is 1. The Morgan fingerprint density at radius 2 is 2.33 bits per heavy atom. The summed E-state index contributed by atoms with van der Waals surface area (Å²) in [5, 5.41) is 12.6. The quantitative estimate of drug-likeness (QED) is 0.818. The van der Waals surface area contributed by atoms with Crippen LogP contribution in [0.1, 0.15) is 36.1 Å². The van der Waals surface area contributed by atoms with E-state index >= 15 is 0 Å². The molecule has 3 heteroatoms. The summed E-state index contributed by atoms with van der Waals surface area (Å²) >= 11 is 0. The molecule has 1 aromatic heterocycles. The lowest BCUT2D eigenvalue weighted by Gasteiger charge is -2.24. The molecule has 1 fully saturated rings. The van der Waals surface area contributed by atoms with E-state index in [1.54, 1.807) is 0 Å². The molecule has 0 bridgehead atoms. The molecule has 3 nitrogen and oxygen atoms in total. The normalized spacial score (nSPS) is 26.3. The topological polar surface area (TPSA) is 48.7 Å². The monoisotopic (exact) mass is 239 g/mol. The molecular formula is C15H17N3. The lowest BCUT2D eigenvalue weighted by atomic mass is 9.84. The third-order valence-electron chi connectivity index (χ3n) is 4.15. The number of rotatable bonds is 1. The minimum absolute atomic E-state index is 0.528. The van der Waals surface area contributed by atoms with E-state index in [4.69, 9.17) is 5.26 Å². The first-order valence-corrected chi connectivity index (χ1v) is 6.59. The largest absolute Gasteiger partial charge is 0.310 e. The molecule has 1 saturated heterocycles. The zero-order valence-electron chi connectivity index (χ0n) is 10.6. The number of hydrogen-bond acceptors (Lipinski definition) is 3. The molecule has 0 radical (unpaired) electrons. The first-order valence-electron chi connectivity index (χ1n) is 6.59. The van der Waals surface area contributed by atoms with E-state index in [9.17, 15) is 0 Å². The van der Waals surface area contributed by atoms with Gasteiger partial charge in [0.25, 0.3) is 0 Å². The summed E-state index contributed by atoms with van der Waals surface area (Å²) < 4.78 is 0. The molecule has 0 aromatic carbocycles. The third-order valence-corrected chi connectivity index (χ3v) is 4.15. The van der Waals surface area contributed by atoms with E-state index in [0.717, 1.165) is 30.1 Å². The maximum atomic E-state index is 9.07. The summed E-state index contributed by atoms with van der Waals surface area (Å²) in [6.45, 7) is 3.01. The highest BCUT2D eigenvalue weighted by molar-refractivity contribution is 5.68.